The summed E-state index contributed by atoms with van der Waals surface area (Å²) in [6.07, 6.45) is 2.66. The van der Waals surface area contributed by atoms with Crippen LogP contribution in [0.1, 0.15) is 58.3 Å². The molecule has 4 rings (SSSR count). The van der Waals surface area contributed by atoms with Crippen molar-refractivity contribution in [1.29, 1.82) is 0 Å². The number of carbonyl (C=O) groups is 2. The van der Waals surface area contributed by atoms with Crippen LogP contribution in [0.15, 0.2) is 22.6 Å². The van der Waals surface area contributed by atoms with Crippen molar-refractivity contribution in [2.24, 2.45) is 0 Å². The van der Waals surface area contributed by atoms with Crippen LogP contribution in [-0.4, -0.2) is 58.1 Å². The van der Waals surface area contributed by atoms with Crippen molar-refractivity contribution in [1.82, 2.24) is 14.8 Å². The summed E-state index contributed by atoms with van der Waals surface area (Å²) < 4.78 is 11.4. The Kier molecular flexibility index (Phi) is 5.66. The first-order valence-electron chi connectivity index (χ1n) is 10.6. The minimum Gasteiger partial charge on any atom is -0.444 e. The second kappa shape index (κ2) is 8.10. The van der Waals surface area contributed by atoms with Crippen LogP contribution >= 0.6 is 11.6 Å². The van der Waals surface area contributed by atoms with Gasteiger partial charge in [0.1, 0.15) is 17.2 Å². The lowest BCUT2D eigenvalue weighted by molar-refractivity contribution is -0.137. The number of ether oxygens (including phenoxy) is 1. The number of rotatable bonds is 2. The molecule has 0 bridgehead atoms. The van der Waals surface area contributed by atoms with E-state index in [0.717, 1.165) is 30.4 Å². The summed E-state index contributed by atoms with van der Waals surface area (Å²) in [4.78, 5) is 33.7. The average molecular weight is 434 g/mol. The Morgan fingerprint density at radius 2 is 1.90 bits per heavy atom. The third kappa shape index (κ3) is 4.41. The van der Waals surface area contributed by atoms with E-state index in [1.54, 1.807) is 17.0 Å². The van der Waals surface area contributed by atoms with Gasteiger partial charge < -0.3 is 14.1 Å². The summed E-state index contributed by atoms with van der Waals surface area (Å²) in [5.74, 6) is 0.891. The second-order valence-electron chi connectivity index (χ2n) is 9.10. The maximum absolute atomic E-state index is 13.1. The number of aromatic nitrogens is 1. The van der Waals surface area contributed by atoms with Crippen molar-refractivity contribution in [3.63, 3.8) is 0 Å². The molecular formula is C22H28ClN3O4. The van der Waals surface area contributed by atoms with Gasteiger partial charge in [0, 0.05) is 30.6 Å². The highest BCUT2D eigenvalue weighted by Gasteiger charge is 2.39. The van der Waals surface area contributed by atoms with Crippen LogP contribution in [-0.2, 0) is 9.53 Å². The number of nitrogens with zero attached hydrogens (tertiary/aromatic N) is 3. The first kappa shape index (κ1) is 21.0. The van der Waals surface area contributed by atoms with Crippen LogP contribution in [0.25, 0.3) is 11.1 Å². The fraction of sp³-hybridized carbons (Fsp3) is 0.591. The molecule has 1 atom stereocenters. The molecule has 1 aromatic heterocycles. The number of carbonyl (C=O) groups excluding carboxylic acids is 2. The monoisotopic (exact) mass is 433 g/mol. The molecule has 1 aromatic carbocycles. The van der Waals surface area contributed by atoms with Gasteiger partial charge in [-0.1, -0.05) is 11.6 Å². The van der Waals surface area contributed by atoms with Gasteiger partial charge >= 0.3 is 6.09 Å². The molecule has 0 saturated carbocycles. The van der Waals surface area contributed by atoms with Crippen molar-refractivity contribution < 1.29 is 18.7 Å². The van der Waals surface area contributed by atoms with Crippen molar-refractivity contribution in [2.75, 3.05) is 19.6 Å². The first-order chi connectivity index (χ1) is 14.2. The summed E-state index contributed by atoms with van der Waals surface area (Å²) in [6, 6.07) is 4.99. The van der Waals surface area contributed by atoms with Gasteiger partial charge in [0.05, 0.1) is 0 Å². The van der Waals surface area contributed by atoms with Crippen LogP contribution in [0, 0.1) is 0 Å². The zero-order valence-electron chi connectivity index (χ0n) is 17.7. The molecule has 2 aromatic rings. The fourth-order valence-electron chi connectivity index (χ4n) is 4.21. The minimum atomic E-state index is -0.574. The highest BCUT2D eigenvalue weighted by atomic mass is 35.5. The van der Waals surface area contributed by atoms with E-state index in [9.17, 15) is 9.59 Å². The Bertz CT molecular complexity index is 943. The van der Waals surface area contributed by atoms with E-state index in [1.807, 2.05) is 31.7 Å². The van der Waals surface area contributed by atoms with Gasteiger partial charge in [-0.25, -0.2) is 9.78 Å². The normalized spacial score (nSPS) is 20.7. The van der Waals surface area contributed by atoms with Gasteiger partial charge in [0.2, 0.25) is 5.91 Å². The van der Waals surface area contributed by atoms with E-state index in [2.05, 4.69) is 4.98 Å². The predicted octanol–water partition coefficient (Wildman–Crippen LogP) is 4.59. The lowest BCUT2D eigenvalue weighted by atomic mass is 9.96. The van der Waals surface area contributed by atoms with E-state index >= 15 is 0 Å². The second-order valence-corrected chi connectivity index (χ2v) is 9.53. The third-order valence-corrected chi connectivity index (χ3v) is 5.92. The molecule has 30 heavy (non-hydrogen) atoms. The number of oxazole rings is 1. The van der Waals surface area contributed by atoms with Gasteiger partial charge in [-0.2, -0.15) is 0 Å². The topological polar surface area (TPSA) is 75.9 Å². The molecule has 3 heterocycles. The average Bonchev–Trinajstić information content (AvgIpc) is 3.33. The van der Waals surface area contributed by atoms with Crippen LogP contribution in [0.3, 0.4) is 0 Å². The maximum atomic E-state index is 13.1. The fourth-order valence-corrected chi connectivity index (χ4v) is 4.38. The highest BCUT2D eigenvalue weighted by Crippen LogP contribution is 2.32. The largest absolute Gasteiger partial charge is 0.444 e. The molecule has 2 saturated heterocycles. The number of hydrogen-bond acceptors (Lipinski definition) is 5. The third-order valence-electron chi connectivity index (χ3n) is 5.69. The summed E-state index contributed by atoms with van der Waals surface area (Å²) in [6.45, 7) is 7.32. The molecule has 2 amide bonds. The predicted molar refractivity (Wildman–Crippen MR) is 114 cm³/mol. The molecule has 0 N–H and O–H groups in total. The van der Waals surface area contributed by atoms with E-state index in [-0.39, 0.29) is 11.8 Å². The molecule has 1 unspecified atom stereocenters. The van der Waals surface area contributed by atoms with Gasteiger partial charge in [-0.15, -0.1) is 0 Å². The number of halogens is 1. The van der Waals surface area contributed by atoms with Crippen molar-refractivity contribution in [2.45, 2.75) is 64.0 Å². The van der Waals surface area contributed by atoms with Crippen molar-refractivity contribution >= 4 is 34.7 Å². The Balaban J connectivity index is 1.38. The number of amides is 2. The van der Waals surface area contributed by atoms with E-state index < -0.39 is 17.7 Å². The molecule has 0 aliphatic carbocycles. The lowest BCUT2D eigenvalue weighted by Gasteiger charge is -2.35. The first-order valence-corrected chi connectivity index (χ1v) is 10.9. The van der Waals surface area contributed by atoms with Gasteiger partial charge in [0.25, 0.3) is 0 Å². The summed E-state index contributed by atoms with van der Waals surface area (Å²) in [5, 5.41) is 0.633. The Morgan fingerprint density at radius 3 is 2.60 bits per heavy atom. The summed E-state index contributed by atoms with van der Waals surface area (Å²) >= 11 is 6.04. The van der Waals surface area contributed by atoms with Gasteiger partial charge in [-0.05, 0) is 64.7 Å². The van der Waals surface area contributed by atoms with Gasteiger partial charge in [0.15, 0.2) is 11.5 Å². The van der Waals surface area contributed by atoms with Crippen LogP contribution in [0.5, 0.6) is 0 Å². The SMILES string of the molecule is CC(C)(C)OC(=O)N1CCCC1C(=O)N1CCC(c2nc3cc(Cl)ccc3o2)CC1. The molecule has 0 spiro atoms. The van der Waals surface area contributed by atoms with E-state index in [0.29, 0.717) is 37.0 Å². The minimum absolute atomic E-state index is 0.0150. The zero-order valence-corrected chi connectivity index (χ0v) is 18.4. The Labute approximate surface area is 181 Å². The molecule has 2 fully saturated rings. The molecule has 0 radical (unpaired) electrons. The molecule has 162 valence electrons. The van der Waals surface area contributed by atoms with E-state index in [1.165, 1.54) is 0 Å². The van der Waals surface area contributed by atoms with Crippen LogP contribution in [0.2, 0.25) is 5.02 Å². The summed E-state index contributed by atoms with van der Waals surface area (Å²) in [7, 11) is 0. The quantitative estimate of drug-likeness (QED) is 0.692. The molecular weight excluding hydrogens is 406 g/mol. The number of hydrogen-bond donors (Lipinski definition) is 0. The van der Waals surface area contributed by atoms with Crippen LogP contribution in [0.4, 0.5) is 4.79 Å². The molecule has 2 aliphatic rings. The zero-order chi connectivity index (χ0) is 21.5. The van der Waals surface area contributed by atoms with Gasteiger partial charge in [-0.3, -0.25) is 9.69 Å². The van der Waals surface area contributed by atoms with Crippen LogP contribution < -0.4 is 0 Å². The summed E-state index contributed by atoms with van der Waals surface area (Å²) in [5.41, 5.74) is 0.914. The lowest BCUT2D eigenvalue weighted by Crippen LogP contribution is -2.50. The smallest absolute Gasteiger partial charge is 0.410 e. The number of piperidine rings is 1. The molecule has 2 aliphatic heterocycles. The highest BCUT2D eigenvalue weighted by molar-refractivity contribution is 6.31. The Hall–Kier alpha value is -2.28. The Morgan fingerprint density at radius 1 is 1.17 bits per heavy atom. The van der Waals surface area contributed by atoms with Crippen molar-refractivity contribution in [3.8, 4) is 0 Å². The van der Waals surface area contributed by atoms with E-state index in [4.69, 9.17) is 20.8 Å². The van der Waals surface area contributed by atoms with Crippen molar-refractivity contribution in [3.05, 3.63) is 29.1 Å². The standard InChI is InChI=1S/C22H28ClN3O4/c1-22(2,3)30-21(28)26-10-4-5-17(26)20(27)25-11-8-14(9-12-25)19-24-16-13-15(23)6-7-18(16)29-19/h6-7,13-14,17H,4-5,8-12H2,1-3H3. The number of likely N-dealkylation sites (tertiary alicyclic amines) is 2. The molecule has 7 nitrogen and oxygen atoms in total. The maximum Gasteiger partial charge on any atom is 0.410 e. The number of benzene rings is 1. The number of fused-ring (bicyclic) bond motifs is 1. The molecule has 8 heteroatoms.